The molecule has 0 saturated heterocycles. The van der Waals surface area contributed by atoms with E-state index >= 15 is 0 Å². The van der Waals surface area contributed by atoms with Crippen LogP contribution in [0.2, 0.25) is 0 Å². The first-order chi connectivity index (χ1) is 9.21. The molecule has 0 heterocycles. The fourth-order valence-electron chi connectivity index (χ4n) is 2.00. The van der Waals surface area contributed by atoms with Crippen molar-refractivity contribution >= 4 is 5.91 Å². The van der Waals surface area contributed by atoms with E-state index in [4.69, 9.17) is 10.5 Å². The van der Waals surface area contributed by atoms with Crippen LogP contribution in [0, 0.1) is 0 Å². The van der Waals surface area contributed by atoms with Gasteiger partial charge in [0.15, 0.2) is 0 Å². The van der Waals surface area contributed by atoms with Gasteiger partial charge in [-0.15, -0.1) is 0 Å². The van der Waals surface area contributed by atoms with Crippen molar-refractivity contribution in [1.29, 1.82) is 0 Å². The van der Waals surface area contributed by atoms with Crippen LogP contribution >= 0.6 is 0 Å². The second kappa shape index (κ2) is 8.67. The highest BCUT2D eigenvalue weighted by molar-refractivity contribution is 5.94. The van der Waals surface area contributed by atoms with Gasteiger partial charge in [-0.05, 0) is 37.1 Å². The van der Waals surface area contributed by atoms with Crippen LogP contribution in [0.4, 0.5) is 0 Å². The van der Waals surface area contributed by atoms with Crippen molar-refractivity contribution < 1.29 is 9.53 Å². The Morgan fingerprint density at radius 2 is 2.05 bits per heavy atom. The molecule has 0 aliphatic rings. The largest absolute Gasteiger partial charge is 0.383 e. The van der Waals surface area contributed by atoms with E-state index < -0.39 is 0 Å². The van der Waals surface area contributed by atoms with E-state index in [-0.39, 0.29) is 11.9 Å². The smallest absolute Gasteiger partial charge is 0.251 e. The summed E-state index contributed by atoms with van der Waals surface area (Å²) in [5, 5.41) is 3.00. The molecule has 1 amide bonds. The quantitative estimate of drug-likeness (QED) is 0.751. The third-order valence-electron chi connectivity index (χ3n) is 2.99. The third kappa shape index (κ3) is 5.41. The third-order valence-corrected chi connectivity index (χ3v) is 2.99. The van der Waals surface area contributed by atoms with Crippen molar-refractivity contribution in [3.8, 4) is 0 Å². The Morgan fingerprint density at radius 3 is 2.58 bits per heavy atom. The maximum atomic E-state index is 12.1. The lowest BCUT2D eigenvalue weighted by Gasteiger charge is -2.17. The first-order valence-corrected chi connectivity index (χ1v) is 6.80. The van der Waals surface area contributed by atoms with Crippen LogP contribution in [-0.2, 0) is 11.2 Å². The highest BCUT2D eigenvalue weighted by Crippen LogP contribution is 2.06. The summed E-state index contributed by atoms with van der Waals surface area (Å²) in [6, 6.07) is 7.66. The molecular formula is C15H24N2O2. The number of carbonyl (C=O) groups is 1. The Labute approximate surface area is 115 Å². The minimum absolute atomic E-state index is 0.0465. The number of hydrogen-bond acceptors (Lipinski definition) is 3. The standard InChI is InChI=1S/C15H24N2O2/c1-3-4-14(11-19-2)17-15(18)13-7-5-12(6-8-13)9-10-16/h5-8,14H,3-4,9-11,16H2,1-2H3,(H,17,18). The van der Waals surface area contributed by atoms with Crippen molar-refractivity contribution in [3.63, 3.8) is 0 Å². The Balaban J connectivity index is 2.60. The first-order valence-electron chi connectivity index (χ1n) is 6.80. The molecule has 1 aromatic carbocycles. The van der Waals surface area contributed by atoms with Crippen LogP contribution in [0.15, 0.2) is 24.3 Å². The fraction of sp³-hybridized carbons (Fsp3) is 0.533. The zero-order valence-corrected chi connectivity index (χ0v) is 11.8. The summed E-state index contributed by atoms with van der Waals surface area (Å²) in [7, 11) is 1.65. The lowest BCUT2D eigenvalue weighted by molar-refractivity contribution is 0.0891. The van der Waals surface area contributed by atoms with E-state index in [2.05, 4.69) is 12.2 Å². The second-order valence-corrected chi connectivity index (χ2v) is 4.65. The van der Waals surface area contributed by atoms with Gasteiger partial charge in [-0.3, -0.25) is 4.79 Å². The van der Waals surface area contributed by atoms with Crippen molar-refractivity contribution in [1.82, 2.24) is 5.32 Å². The van der Waals surface area contributed by atoms with Crippen LogP contribution in [0.3, 0.4) is 0 Å². The molecule has 0 radical (unpaired) electrons. The maximum Gasteiger partial charge on any atom is 0.251 e. The molecule has 0 aliphatic heterocycles. The Bertz CT molecular complexity index is 370. The van der Waals surface area contributed by atoms with Gasteiger partial charge in [0.25, 0.3) is 5.91 Å². The molecule has 1 rings (SSSR count). The number of methoxy groups -OCH3 is 1. The van der Waals surface area contributed by atoms with Gasteiger partial charge in [0.05, 0.1) is 12.6 Å². The number of amides is 1. The molecule has 0 saturated carbocycles. The number of nitrogens with one attached hydrogen (secondary N) is 1. The Hall–Kier alpha value is -1.39. The predicted molar refractivity (Wildman–Crippen MR) is 77.2 cm³/mol. The summed E-state index contributed by atoms with van der Waals surface area (Å²) >= 11 is 0. The molecule has 0 aliphatic carbocycles. The summed E-state index contributed by atoms with van der Waals surface area (Å²) in [4.78, 5) is 12.1. The van der Waals surface area contributed by atoms with Crippen LogP contribution in [-0.4, -0.2) is 32.2 Å². The first kappa shape index (κ1) is 15.7. The Kier molecular flexibility index (Phi) is 7.15. The van der Waals surface area contributed by atoms with E-state index in [0.717, 1.165) is 24.8 Å². The molecule has 3 N–H and O–H groups in total. The van der Waals surface area contributed by atoms with E-state index in [9.17, 15) is 4.79 Å². The lowest BCUT2D eigenvalue weighted by atomic mass is 10.1. The van der Waals surface area contributed by atoms with Gasteiger partial charge in [-0.25, -0.2) is 0 Å². The zero-order valence-electron chi connectivity index (χ0n) is 11.8. The van der Waals surface area contributed by atoms with Crippen molar-refractivity contribution in [3.05, 3.63) is 35.4 Å². The SMILES string of the molecule is CCCC(COC)NC(=O)c1ccc(CCN)cc1. The monoisotopic (exact) mass is 264 g/mol. The number of nitrogens with two attached hydrogens (primary N) is 1. The lowest BCUT2D eigenvalue weighted by Crippen LogP contribution is -2.37. The number of carbonyl (C=O) groups excluding carboxylic acids is 1. The number of rotatable bonds is 8. The van der Waals surface area contributed by atoms with Crippen molar-refractivity contribution in [2.24, 2.45) is 5.73 Å². The number of benzene rings is 1. The van der Waals surface area contributed by atoms with Gasteiger partial charge in [-0.1, -0.05) is 25.5 Å². The number of ether oxygens (including phenoxy) is 1. The second-order valence-electron chi connectivity index (χ2n) is 4.65. The summed E-state index contributed by atoms with van der Waals surface area (Å²) in [6.45, 7) is 3.26. The zero-order chi connectivity index (χ0) is 14.1. The summed E-state index contributed by atoms with van der Waals surface area (Å²) < 4.78 is 5.12. The van der Waals surface area contributed by atoms with E-state index in [1.165, 1.54) is 0 Å². The molecule has 1 aromatic rings. The average Bonchev–Trinajstić information content (AvgIpc) is 2.40. The average molecular weight is 264 g/mol. The minimum Gasteiger partial charge on any atom is -0.383 e. The molecule has 4 heteroatoms. The van der Waals surface area contributed by atoms with Crippen LogP contribution in [0.1, 0.15) is 35.7 Å². The van der Waals surface area contributed by atoms with Crippen molar-refractivity contribution in [2.45, 2.75) is 32.2 Å². The van der Waals surface area contributed by atoms with Gasteiger partial charge in [-0.2, -0.15) is 0 Å². The van der Waals surface area contributed by atoms with Crippen LogP contribution < -0.4 is 11.1 Å². The van der Waals surface area contributed by atoms with Gasteiger partial charge in [0.2, 0.25) is 0 Å². The molecule has 1 unspecified atom stereocenters. The van der Waals surface area contributed by atoms with Crippen LogP contribution in [0.5, 0.6) is 0 Å². The molecule has 19 heavy (non-hydrogen) atoms. The molecule has 0 spiro atoms. The summed E-state index contributed by atoms with van der Waals surface area (Å²) in [6.07, 6.45) is 2.78. The van der Waals surface area contributed by atoms with E-state index in [0.29, 0.717) is 18.7 Å². The molecular weight excluding hydrogens is 240 g/mol. The topological polar surface area (TPSA) is 64.3 Å². The highest BCUT2D eigenvalue weighted by atomic mass is 16.5. The molecule has 0 aromatic heterocycles. The highest BCUT2D eigenvalue weighted by Gasteiger charge is 2.12. The Morgan fingerprint density at radius 1 is 1.37 bits per heavy atom. The van der Waals surface area contributed by atoms with Gasteiger partial charge < -0.3 is 15.8 Å². The molecule has 4 nitrogen and oxygen atoms in total. The molecule has 0 fully saturated rings. The molecule has 106 valence electrons. The van der Waals surface area contributed by atoms with E-state index in [1.54, 1.807) is 7.11 Å². The van der Waals surface area contributed by atoms with Crippen LogP contribution in [0.25, 0.3) is 0 Å². The molecule has 0 bridgehead atoms. The summed E-state index contributed by atoms with van der Waals surface area (Å²) in [5.74, 6) is -0.0465. The maximum absolute atomic E-state index is 12.1. The summed E-state index contributed by atoms with van der Waals surface area (Å²) in [5.41, 5.74) is 7.33. The predicted octanol–water partition coefficient (Wildman–Crippen LogP) is 1.73. The van der Waals surface area contributed by atoms with Gasteiger partial charge in [0.1, 0.15) is 0 Å². The van der Waals surface area contributed by atoms with Gasteiger partial charge in [0, 0.05) is 12.7 Å². The number of hydrogen-bond donors (Lipinski definition) is 2. The van der Waals surface area contributed by atoms with Gasteiger partial charge >= 0.3 is 0 Å². The molecule has 1 atom stereocenters. The minimum atomic E-state index is -0.0465. The van der Waals surface area contributed by atoms with E-state index in [1.807, 2.05) is 24.3 Å². The van der Waals surface area contributed by atoms with Crippen molar-refractivity contribution in [2.75, 3.05) is 20.3 Å². The normalized spacial score (nSPS) is 12.2. The fourth-order valence-corrected chi connectivity index (χ4v) is 2.00.